The summed E-state index contributed by atoms with van der Waals surface area (Å²) in [6.07, 6.45) is 5.28. The van der Waals surface area contributed by atoms with E-state index < -0.39 is 0 Å². The topological polar surface area (TPSA) is 58.1 Å². The zero-order chi connectivity index (χ0) is 19.5. The lowest BCUT2D eigenvalue weighted by molar-refractivity contribution is 0.0745. The molecule has 28 heavy (non-hydrogen) atoms. The number of likely N-dealkylation sites (tertiary alicyclic amines) is 1. The number of nitrogens with zero attached hydrogens (tertiary/aromatic N) is 3. The number of carbonyl (C=O) groups excluding carboxylic acids is 1. The van der Waals surface area contributed by atoms with Crippen LogP contribution in [0.3, 0.4) is 0 Å². The Morgan fingerprint density at radius 2 is 2.00 bits per heavy atom. The molecule has 0 aliphatic carbocycles. The molecule has 1 saturated heterocycles. The van der Waals surface area contributed by atoms with Gasteiger partial charge in [-0.15, -0.1) is 11.3 Å². The third-order valence-corrected chi connectivity index (χ3v) is 6.13. The van der Waals surface area contributed by atoms with Crippen LogP contribution in [0.5, 0.6) is 0 Å². The number of halogens is 2. The van der Waals surface area contributed by atoms with Crippen LogP contribution in [0.4, 0.5) is 10.3 Å². The van der Waals surface area contributed by atoms with E-state index in [0.29, 0.717) is 18.1 Å². The SMILES string of the molecule is O=C(c1ccsc1-c1ccc(F)cc1)N1CCCC1CNc1ncc(Br)cn1. The fourth-order valence-electron chi connectivity index (χ4n) is 3.39. The van der Waals surface area contributed by atoms with E-state index in [4.69, 9.17) is 0 Å². The first-order valence-electron chi connectivity index (χ1n) is 8.97. The Balaban J connectivity index is 1.49. The number of hydrogen-bond donors (Lipinski definition) is 1. The molecule has 3 aromatic rings. The van der Waals surface area contributed by atoms with Crippen molar-refractivity contribution in [2.45, 2.75) is 18.9 Å². The molecule has 5 nitrogen and oxygen atoms in total. The summed E-state index contributed by atoms with van der Waals surface area (Å²) in [6.45, 7) is 1.33. The maximum Gasteiger partial charge on any atom is 0.255 e. The monoisotopic (exact) mass is 460 g/mol. The number of nitrogens with one attached hydrogen (secondary N) is 1. The van der Waals surface area contributed by atoms with Gasteiger partial charge in [0.25, 0.3) is 5.91 Å². The van der Waals surface area contributed by atoms with Gasteiger partial charge in [0.15, 0.2) is 0 Å². The van der Waals surface area contributed by atoms with Gasteiger partial charge in [-0.3, -0.25) is 4.79 Å². The van der Waals surface area contributed by atoms with Crippen molar-refractivity contribution in [2.24, 2.45) is 0 Å². The summed E-state index contributed by atoms with van der Waals surface area (Å²) in [5.74, 6) is 0.278. The highest BCUT2D eigenvalue weighted by Crippen LogP contribution is 2.32. The van der Waals surface area contributed by atoms with Gasteiger partial charge >= 0.3 is 0 Å². The van der Waals surface area contributed by atoms with Crippen molar-refractivity contribution in [1.29, 1.82) is 0 Å². The van der Waals surface area contributed by atoms with Crippen LogP contribution in [0.1, 0.15) is 23.2 Å². The minimum atomic E-state index is -0.283. The molecule has 4 rings (SSSR count). The maximum atomic E-state index is 13.2. The number of rotatable bonds is 5. The number of benzene rings is 1. The summed E-state index contributed by atoms with van der Waals surface area (Å²) in [5.41, 5.74) is 1.53. The summed E-state index contributed by atoms with van der Waals surface area (Å²) >= 11 is 4.82. The molecule has 1 aliphatic heterocycles. The van der Waals surface area contributed by atoms with Crippen molar-refractivity contribution in [1.82, 2.24) is 14.9 Å². The number of carbonyl (C=O) groups is 1. The van der Waals surface area contributed by atoms with Gasteiger partial charge in [-0.1, -0.05) is 12.1 Å². The predicted octanol–water partition coefficient (Wildman–Crippen LogP) is 4.82. The number of aromatic nitrogens is 2. The van der Waals surface area contributed by atoms with Crippen molar-refractivity contribution in [3.8, 4) is 10.4 Å². The highest BCUT2D eigenvalue weighted by Gasteiger charge is 2.31. The summed E-state index contributed by atoms with van der Waals surface area (Å²) < 4.78 is 14.1. The molecule has 2 aromatic heterocycles. The molecular formula is C20H18BrFN4OS. The molecule has 0 saturated carbocycles. The third-order valence-electron chi connectivity index (χ3n) is 4.76. The first-order chi connectivity index (χ1) is 13.6. The number of hydrogen-bond acceptors (Lipinski definition) is 5. The van der Waals surface area contributed by atoms with Gasteiger partial charge < -0.3 is 10.2 Å². The third kappa shape index (κ3) is 4.07. The van der Waals surface area contributed by atoms with Crippen LogP contribution in [0.25, 0.3) is 10.4 Å². The highest BCUT2D eigenvalue weighted by molar-refractivity contribution is 9.10. The van der Waals surface area contributed by atoms with E-state index in [1.54, 1.807) is 24.5 Å². The second-order valence-electron chi connectivity index (χ2n) is 6.57. The van der Waals surface area contributed by atoms with Gasteiger partial charge in [0.2, 0.25) is 5.95 Å². The van der Waals surface area contributed by atoms with E-state index in [1.807, 2.05) is 16.3 Å². The van der Waals surface area contributed by atoms with E-state index >= 15 is 0 Å². The molecule has 0 radical (unpaired) electrons. The maximum absolute atomic E-state index is 13.2. The van der Waals surface area contributed by atoms with E-state index in [1.165, 1.54) is 23.5 Å². The molecule has 1 aromatic carbocycles. The van der Waals surface area contributed by atoms with Gasteiger partial charge in [0.1, 0.15) is 5.82 Å². The van der Waals surface area contributed by atoms with Gasteiger partial charge in [0.05, 0.1) is 10.0 Å². The second-order valence-corrected chi connectivity index (χ2v) is 8.40. The fourth-order valence-corrected chi connectivity index (χ4v) is 4.48. The Morgan fingerprint density at radius 3 is 2.75 bits per heavy atom. The fraction of sp³-hybridized carbons (Fsp3) is 0.250. The summed E-state index contributed by atoms with van der Waals surface area (Å²) in [7, 11) is 0. The Labute approximate surface area is 174 Å². The lowest BCUT2D eigenvalue weighted by Gasteiger charge is -2.25. The zero-order valence-corrected chi connectivity index (χ0v) is 17.3. The quantitative estimate of drug-likeness (QED) is 0.592. The predicted molar refractivity (Wildman–Crippen MR) is 112 cm³/mol. The van der Waals surface area contributed by atoms with E-state index in [0.717, 1.165) is 34.3 Å². The molecule has 1 aliphatic rings. The number of anilines is 1. The van der Waals surface area contributed by atoms with Crippen molar-refractivity contribution in [2.75, 3.05) is 18.4 Å². The zero-order valence-electron chi connectivity index (χ0n) is 14.9. The Kier molecular flexibility index (Phi) is 5.68. The first-order valence-corrected chi connectivity index (χ1v) is 10.6. The van der Waals surface area contributed by atoms with Gasteiger partial charge in [0, 0.05) is 36.4 Å². The van der Waals surface area contributed by atoms with Crippen LogP contribution in [0, 0.1) is 5.82 Å². The van der Waals surface area contributed by atoms with Gasteiger partial charge in [-0.2, -0.15) is 0 Å². The van der Waals surface area contributed by atoms with Crippen LogP contribution >= 0.6 is 27.3 Å². The first kappa shape index (κ1) is 19.0. The standard InChI is InChI=1S/C20H18BrFN4OS/c21-14-10-23-20(24-11-14)25-12-16-2-1-8-26(16)19(27)17-7-9-28-18(17)13-3-5-15(22)6-4-13/h3-7,9-11,16H,1-2,8,12H2,(H,23,24,25). The van der Waals surface area contributed by atoms with Crippen LogP contribution in [-0.2, 0) is 0 Å². The molecule has 3 heterocycles. The van der Waals surface area contributed by atoms with Crippen molar-refractivity contribution < 1.29 is 9.18 Å². The van der Waals surface area contributed by atoms with Gasteiger partial charge in [-0.05, 0) is 57.9 Å². The smallest absolute Gasteiger partial charge is 0.255 e. The Morgan fingerprint density at radius 1 is 1.25 bits per heavy atom. The van der Waals surface area contributed by atoms with E-state index in [9.17, 15) is 9.18 Å². The molecule has 144 valence electrons. The van der Waals surface area contributed by atoms with Crippen molar-refractivity contribution in [3.63, 3.8) is 0 Å². The van der Waals surface area contributed by atoms with Gasteiger partial charge in [-0.25, -0.2) is 14.4 Å². The molecule has 1 amide bonds. The van der Waals surface area contributed by atoms with Crippen molar-refractivity contribution >= 4 is 39.1 Å². The molecule has 8 heteroatoms. The average molecular weight is 461 g/mol. The van der Waals surface area contributed by atoms with Crippen molar-refractivity contribution in [3.05, 3.63) is 64.0 Å². The van der Waals surface area contributed by atoms with Crippen LogP contribution in [0.2, 0.25) is 0 Å². The molecule has 1 fully saturated rings. The summed E-state index contributed by atoms with van der Waals surface area (Å²) in [5, 5.41) is 5.13. The normalized spacial score (nSPS) is 16.4. The summed E-state index contributed by atoms with van der Waals surface area (Å²) in [4.78, 5) is 24.5. The Bertz CT molecular complexity index is 961. The number of thiophene rings is 1. The molecular weight excluding hydrogens is 443 g/mol. The number of amides is 1. The summed E-state index contributed by atoms with van der Waals surface area (Å²) in [6, 6.07) is 8.21. The highest BCUT2D eigenvalue weighted by atomic mass is 79.9. The van der Waals surface area contributed by atoms with Crippen LogP contribution < -0.4 is 5.32 Å². The van der Waals surface area contributed by atoms with Crippen LogP contribution in [-0.4, -0.2) is 39.9 Å². The minimum Gasteiger partial charge on any atom is -0.352 e. The molecule has 0 bridgehead atoms. The second kappa shape index (κ2) is 8.36. The molecule has 1 unspecified atom stereocenters. The van der Waals surface area contributed by atoms with E-state index in [2.05, 4.69) is 31.2 Å². The minimum absolute atomic E-state index is 0.0154. The van der Waals surface area contributed by atoms with E-state index in [-0.39, 0.29) is 17.8 Å². The molecule has 1 atom stereocenters. The Hall–Kier alpha value is -2.32. The molecule has 1 N–H and O–H groups in total. The largest absolute Gasteiger partial charge is 0.352 e. The molecule has 0 spiro atoms. The average Bonchev–Trinajstić information content (AvgIpc) is 3.37. The van der Waals surface area contributed by atoms with Crippen LogP contribution in [0.15, 0.2) is 52.6 Å². The lowest BCUT2D eigenvalue weighted by Crippen LogP contribution is -2.39. The lowest BCUT2D eigenvalue weighted by atomic mass is 10.1.